The van der Waals surface area contributed by atoms with E-state index in [1.54, 1.807) is 0 Å². The minimum atomic E-state index is 0.392. The van der Waals surface area contributed by atoms with Gasteiger partial charge in [-0.1, -0.05) is 0 Å². The number of nitrogens with two attached hydrogens (primary N) is 1. The zero-order chi connectivity index (χ0) is 8.27. The SMILES string of the molecule is C[C@H](N)CC1CCN(C)CC1. The van der Waals surface area contributed by atoms with E-state index >= 15 is 0 Å². The van der Waals surface area contributed by atoms with Crippen LogP contribution in [0.2, 0.25) is 0 Å². The van der Waals surface area contributed by atoms with Crippen LogP contribution in [0.15, 0.2) is 0 Å². The van der Waals surface area contributed by atoms with E-state index in [1.807, 2.05) is 0 Å². The zero-order valence-electron chi connectivity index (χ0n) is 7.71. The average molecular weight is 156 g/mol. The highest BCUT2D eigenvalue weighted by molar-refractivity contribution is 4.72. The molecule has 2 nitrogen and oxygen atoms in total. The third-order valence-corrected chi connectivity index (χ3v) is 2.54. The maximum absolute atomic E-state index is 5.74. The molecule has 1 fully saturated rings. The van der Waals surface area contributed by atoms with Gasteiger partial charge >= 0.3 is 0 Å². The highest BCUT2D eigenvalue weighted by Crippen LogP contribution is 2.19. The molecular weight excluding hydrogens is 136 g/mol. The summed E-state index contributed by atoms with van der Waals surface area (Å²) in [6.07, 6.45) is 3.91. The summed E-state index contributed by atoms with van der Waals surface area (Å²) in [7, 11) is 2.20. The van der Waals surface area contributed by atoms with Crippen LogP contribution in [0, 0.1) is 5.92 Å². The van der Waals surface area contributed by atoms with Gasteiger partial charge < -0.3 is 10.6 Å². The third kappa shape index (κ3) is 3.21. The van der Waals surface area contributed by atoms with Gasteiger partial charge in [0.25, 0.3) is 0 Å². The summed E-state index contributed by atoms with van der Waals surface area (Å²) >= 11 is 0. The lowest BCUT2D eigenvalue weighted by Gasteiger charge is -2.29. The molecule has 1 aliphatic rings. The number of piperidine rings is 1. The van der Waals surface area contributed by atoms with E-state index in [-0.39, 0.29) is 0 Å². The van der Waals surface area contributed by atoms with Crippen LogP contribution in [-0.4, -0.2) is 31.1 Å². The maximum atomic E-state index is 5.74. The first-order valence-corrected chi connectivity index (χ1v) is 4.62. The molecule has 66 valence electrons. The minimum Gasteiger partial charge on any atom is -0.328 e. The summed E-state index contributed by atoms with van der Waals surface area (Å²) in [6.45, 7) is 4.63. The Kier molecular flexibility index (Phi) is 3.34. The number of rotatable bonds is 2. The average Bonchev–Trinajstić information content (AvgIpc) is 1.93. The Hall–Kier alpha value is -0.0800. The van der Waals surface area contributed by atoms with Crippen molar-refractivity contribution in [3.63, 3.8) is 0 Å². The molecule has 1 rings (SSSR count). The Balaban J connectivity index is 2.17. The summed E-state index contributed by atoms with van der Waals surface area (Å²) in [5.74, 6) is 0.895. The molecule has 1 atom stereocenters. The van der Waals surface area contributed by atoms with Gasteiger partial charge in [-0.25, -0.2) is 0 Å². The summed E-state index contributed by atoms with van der Waals surface area (Å²) in [6, 6.07) is 0.392. The Labute approximate surface area is 69.8 Å². The van der Waals surface area contributed by atoms with Crippen molar-refractivity contribution in [2.24, 2.45) is 11.7 Å². The fraction of sp³-hybridized carbons (Fsp3) is 1.00. The summed E-state index contributed by atoms with van der Waals surface area (Å²) < 4.78 is 0. The highest BCUT2D eigenvalue weighted by Gasteiger charge is 2.17. The van der Waals surface area contributed by atoms with Gasteiger partial charge in [-0.15, -0.1) is 0 Å². The monoisotopic (exact) mass is 156 g/mol. The molecular formula is C9H20N2. The molecule has 1 saturated heterocycles. The van der Waals surface area contributed by atoms with E-state index in [2.05, 4.69) is 18.9 Å². The molecule has 11 heavy (non-hydrogen) atoms. The lowest BCUT2D eigenvalue weighted by Crippen LogP contribution is -2.32. The number of likely N-dealkylation sites (tertiary alicyclic amines) is 1. The standard InChI is InChI=1S/C9H20N2/c1-8(10)7-9-3-5-11(2)6-4-9/h8-9H,3-7,10H2,1-2H3/t8-/m0/s1. The fourth-order valence-corrected chi connectivity index (χ4v) is 1.82. The van der Waals surface area contributed by atoms with E-state index < -0.39 is 0 Å². The van der Waals surface area contributed by atoms with Crippen LogP contribution in [0.1, 0.15) is 26.2 Å². The lowest BCUT2D eigenvalue weighted by molar-refractivity contribution is 0.207. The van der Waals surface area contributed by atoms with Gasteiger partial charge in [0.1, 0.15) is 0 Å². The molecule has 0 aromatic carbocycles. The van der Waals surface area contributed by atoms with Gasteiger partial charge in [-0.3, -0.25) is 0 Å². The van der Waals surface area contributed by atoms with Crippen molar-refractivity contribution in [3.8, 4) is 0 Å². The second-order valence-corrected chi connectivity index (χ2v) is 3.96. The van der Waals surface area contributed by atoms with Gasteiger partial charge in [0.2, 0.25) is 0 Å². The summed E-state index contributed by atoms with van der Waals surface area (Å²) in [4.78, 5) is 2.40. The molecule has 1 heterocycles. The Bertz CT molecular complexity index is 104. The lowest BCUT2D eigenvalue weighted by atomic mass is 9.91. The minimum absolute atomic E-state index is 0.392. The predicted octanol–water partition coefficient (Wildman–Crippen LogP) is 1.07. The molecule has 2 N–H and O–H groups in total. The molecule has 0 spiro atoms. The highest BCUT2D eigenvalue weighted by atomic mass is 15.1. The first kappa shape index (κ1) is 9.01. The Morgan fingerprint density at radius 1 is 1.45 bits per heavy atom. The molecule has 0 unspecified atom stereocenters. The smallest absolute Gasteiger partial charge is 0.00131 e. The molecule has 0 amide bonds. The van der Waals surface area contributed by atoms with E-state index in [4.69, 9.17) is 5.73 Å². The van der Waals surface area contributed by atoms with Crippen LogP contribution < -0.4 is 5.73 Å². The van der Waals surface area contributed by atoms with Crippen molar-refractivity contribution in [1.82, 2.24) is 4.90 Å². The normalized spacial score (nSPS) is 25.4. The van der Waals surface area contributed by atoms with Crippen LogP contribution in [0.5, 0.6) is 0 Å². The van der Waals surface area contributed by atoms with Crippen molar-refractivity contribution in [2.45, 2.75) is 32.2 Å². The van der Waals surface area contributed by atoms with Gasteiger partial charge in [-0.2, -0.15) is 0 Å². The van der Waals surface area contributed by atoms with Crippen molar-refractivity contribution >= 4 is 0 Å². The van der Waals surface area contributed by atoms with Crippen LogP contribution >= 0.6 is 0 Å². The second-order valence-electron chi connectivity index (χ2n) is 3.96. The third-order valence-electron chi connectivity index (χ3n) is 2.54. The Morgan fingerprint density at radius 2 is 2.00 bits per heavy atom. The molecule has 0 bridgehead atoms. The van der Waals surface area contributed by atoms with Gasteiger partial charge in [-0.05, 0) is 52.2 Å². The zero-order valence-corrected chi connectivity index (χ0v) is 7.71. The molecule has 0 radical (unpaired) electrons. The van der Waals surface area contributed by atoms with Gasteiger partial charge in [0.15, 0.2) is 0 Å². The van der Waals surface area contributed by atoms with Gasteiger partial charge in [0.05, 0.1) is 0 Å². The quantitative estimate of drug-likeness (QED) is 0.648. The molecule has 2 heteroatoms. The van der Waals surface area contributed by atoms with E-state index in [1.165, 1.54) is 32.4 Å². The number of nitrogens with zero attached hydrogens (tertiary/aromatic N) is 1. The topological polar surface area (TPSA) is 29.3 Å². The Morgan fingerprint density at radius 3 is 2.45 bits per heavy atom. The van der Waals surface area contributed by atoms with E-state index in [0.717, 1.165) is 5.92 Å². The van der Waals surface area contributed by atoms with Crippen molar-refractivity contribution < 1.29 is 0 Å². The number of hydrogen-bond acceptors (Lipinski definition) is 2. The largest absolute Gasteiger partial charge is 0.328 e. The molecule has 0 aliphatic carbocycles. The van der Waals surface area contributed by atoms with E-state index in [9.17, 15) is 0 Å². The van der Waals surface area contributed by atoms with Crippen LogP contribution in [0.25, 0.3) is 0 Å². The van der Waals surface area contributed by atoms with Crippen LogP contribution in [0.4, 0.5) is 0 Å². The molecule has 0 aromatic heterocycles. The van der Waals surface area contributed by atoms with Crippen molar-refractivity contribution in [3.05, 3.63) is 0 Å². The first-order chi connectivity index (χ1) is 5.18. The summed E-state index contributed by atoms with van der Waals surface area (Å²) in [5.41, 5.74) is 5.74. The molecule has 0 aromatic rings. The van der Waals surface area contributed by atoms with E-state index in [0.29, 0.717) is 6.04 Å². The van der Waals surface area contributed by atoms with Crippen molar-refractivity contribution in [2.75, 3.05) is 20.1 Å². The predicted molar refractivity (Wildman–Crippen MR) is 48.5 cm³/mol. The fourth-order valence-electron chi connectivity index (χ4n) is 1.82. The second kappa shape index (κ2) is 4.07. The van der Waals surface area contributed by atoms with Crippen LogP contribution in [0.3, 0.4) is 0 Å². The van der Waals surface area contributed by atoms with Gasteiger partial charge in [0, 0.05) is 6.04 Å². The maximum Gasteiger partial charge on any atom is 0.00131 e. The molecule has 1 aliphatic heterocycles. The molecule has 0 saturated carbocycles. The number of hydrogen-bond donors (Lipinski definition) is 1. The summed E-state index contributed by atoms with van der Waals surface area (Å²) in [5, 5.41) is 0. The van der Waals surface area contributed by atoms with Crippen molar-refractivity contribution in [1.29, 1.82) is 0 Å². The first-order valence-electron chi connectivity index (χ1n) is 4.62. The van der Waals surface area contributed by atoms with Crippen LogP contribution in [-0.2, 0) is 0 Å².